The van der Waals surface area contributed by atoms with E-state index in [1.807, 2.05) is 17.0 Å². The highest BCUT2D eigenvalue weighted by molar-refractivity contribution is 6.29. The molecule has 3 heterocycles. The van der Waals surface area contributed by atoms with Gasteiger partial charge in [0.15, 0.2) is 0 Å². The molecule has 7 nitrogen and oxygen atoms in total. The van der Waals surface area contributed by atoms with Crippen molar-refractivity contribution in [1.29, 1.82) is 10.5 Å². The number of halogens is 2. The Labute approximate surface area is 183 Å². The number of aromatic nitrogens is 2. The molecule has 4 rings (SSSR count). The lowest BCUT2D eigenvalue weighted by Crippen LogP contribution is -2.47. The van der Waals surface area contributed by atoms with E-state index in [1.165, 1.54) is 10.6 Å². The van der Waals surface area contributed by atoms with E-state index in [-0.39, 0.29) is 16.3 Å². The van der Waals surface area contributed by atoms with Gasteiger partial charge in [0.05, 0.1) is 22.8 Å². The summed E-state index contributed by atoms with van der Waals surface area (Å²) < 4.78 is 15.7. The van der Waals surface area contributed by atoms with Crippen LogP contribution in [0.3, 0.4) is 0 Å². The number of rotatable bonds is 3. The highest BCUT2D eigenvalue weighted by atomic mass is 35.5. The standard InChI is InChI=1S/C22H18ClFN6O/c1-28-18-4-5-19(23)27-20(18)21(16(12-26)22(28)31)30-8-6-29(7-9-30)13-15-3-2-14(11-25)10-17(15)24/h2-5,10H,6-9,13H2,1H3. The maximum absolute atomic E-state index is 14.2. The van der Waals surface area contributed by atoms with Crippen molar-refractivity contribution in [3.8, 4) is 12.1 Å². The number of piperazine rings is 1. The first-order valence-electron chi connectivity index (χ1n) is 9.68. The van der Waals surface area contributed by atoms with Crippen molar-refractivity contribution in [2.45, 2.75) is 6.54 Å². The van der Waals surface area contributed by atoms with Gasteiger partial charge in [-0.1, -0.05) is 17.7 Å². The molecule has 0 atom stereocenters. The topological polar surface area (TPSA) is 89.0 Å². The lowest BCUT2D eigenvalue weighted by Gasteiger charge is -2.36. The van der Waals surface area contributed by atoms with Gasteiger partial charge in [-0.25, -0.2) is 9.37 Å². The zero-order chi connectivity index (χ0) is 22.1. The summed E-state index contributed by atoms with van der Waals surface area (Å²) in [5.41, 5.74) is 2.08. The minimum absolute atomic E-state index is 0.0383. The average molecular weight is 437 g/mol. The zero-order valence-electron chi connectivity index (χ0n) is 16.8. The van der Waals surface area contributed by atoms with Crippen molar-refractivity contribution in [3.05, 3.63) is 68.3 Å². The number of aryl methyl sites for hydroxylation is 1. The number of pyridine rings is 2. The predicted octanol–water partition coefficient (Wildman–Crippen LogP) is 2.79. The summed E-state index contributed by atoms with van der Waals surface area (Å²) >= 11 is 6.10. The van der Waals surface area contributed by atoms with Gasteiger partial charge in [-0.3, -0.25) is 9.69 Å². The minimum atomic E-state index is -0.398. The second kappa shape index (κ2) is 8.35. The predicted molar refractivity (Wildman–Crippen MR) is 115 cm³/mol. The summed E-state index contributed by atoms with van der Waals surface area (Å²) in [4.78, 5) is 21.2. The molecule has 0 N–H and O–H groups in total. The molecule has 9 heteroatoms. The van der Waals surface area contributed by atoms with E-state index in [2.05, 4.69) is 9.88 Å². The van der Waals surface area contributed by atoms with E-state index < -0.39 is 5.82 Å². The molecule has 1 saturated heterocycles. The van der Waals surface area contributed by atoms with Crippen LogP contribution in [-0.4, -0.2) is 40.6 Å². The summed E-state index contributed by atoms with van der Waals surface area (Å²) in [7, 11) is 1.61. The molecule has 156 valence electrons. The Morgan fingerprint density at radius 3 is 2.52 bits per heavy atom. The summed E-state index contributed by atoms with van der Waals surface area (Å²) in [5, 5.41) is 18.9. The quantitative estimate of drug-likeness (QED) is 0.586. The molecule has 0 bridgehead atoms. The van der Waals surface area contributed by atoms with Gasteiger partial charge in [0, 0.05) is 45.3 Å². The molecule has 3 aromatic rings. The number of hydrogen-bond acceptors (Lipinski definition) is 6. The molecule has 0 aliphatic carbocycles. The van der Waals surface area contributed by atoms with Crippen LogP contribution < -0.4 is 10.5 Å². The van der Waals surface area contributed by atoms with Gasteiger partial charge >= 0.3 is 0 Å². The van der Waals surface area contributed by atoms with Crippen LogP contribution in [0, 0.1) is 28.5 Å². The second-order valence-corrected chi connectivity index (χ2v) is 7.77. The Balaban J connectivity index is 1.61. The first kappa shape index (κ1) is 20.8. The van der Waals surface area contributed by atoms with Crippen LogP contribution in [0.1, 0.15) is 16.7 Å². The molecule has 0 unspecified atom stereocenters. The Hall–Kier alpha value is -3.46. The van der Waals surface area contributed by atoms with Gasteiger partial charge in [0.2, 0.25) is 0 Å². The van der Waals surface area contributed by atoms with Gasteiger partial charge < -0.3 is 9.47 Å². The molecule has 2 aromatic heterocycles. The fourth-order valence-corrected chi connectivity index (χ4v) is 4.04. The Kier molecular flexibility index (Phi) is 5.60. The van der Waals surface area contributed by atoms with E-state index in [9.17, 15) is 14.4 Å². The third-order valence-electron chi connectivity index (χ3n) is 5.56. The van der Waals surface area contributed by atoms with E-state index >= 15 is 0 Å². The number of hydrogen-bond donors (Lipinski definition) is 0. The van der Waals surface area contributed by atoms with Crippen molar-refractivity contribution in [2.24, 2.45) is 7.05 Å². The molecule has 1 aliphatic heterocycles. The Morgan fingerprint density at radius 2 is 1.87 bits per heavy atom. The molecular weight excluding hydrogens is 419 g/mol. The minimum Gasteiger partial charge on any atom is -0.366 e. The average Bonchev–Trinajstić information content (AvgIpc) is 2.78. The van der Waals surface area contributed by atoms with Crippen LogP contribution >= 0.6 is 11.6 Å². The SMILES string of the molecule is Cn1c(=O)c(C#N)c(N2CCN(Cc3ccc(C#N)cc3F)CC2)c2nc(Cl)ccc21. The normalized spacial score (nSPS) is 14.4. The van der Waals surface area contributed by atoms with Crippen LogP contribution in [-0.2, 0) is 13.6 Å². The first-order valence-corrected chi connectivity index (χ1v) is 10.1. The smallest absolute Gasteiger partial charge is 0.270 e. The molecule has 1 aliphatic rings. The molecule has 0 amide bonds. The molecule has 0 saturated carbocycles. The van der Waals surface area contributed by atoms with E-state index in [0.29, 0.717) is 60.6 Å². The van der Waals surface area contributed by atoms with Crippen LogP contribution in [0.25, 0.3) is 11.0 Å². The monoisotopic (exact) mass is 436 g/mol. The molecule has 0 spiro atoms. The summed E-state index contributed by atoms with van der Waals surface area (Å²) in [5.74, 6) is -0.398. The number of anilines is 1. The number of nitriles is 2. The van der Waals surface area contributed by atoms with Gasteiger partial charge in [-0.2, -0.15) is 10.5 Å². The zero-order valence-corrected chi connectivity index (χ0v) is 17.5. The van der Waals surface area contributed by atoms with E-state index in [0.717, 1.165) is 0 Å². The number of benzene rings is 1. The number of fused-ring (bicyclic) bond motifs is 1. The Morgan fingerprint density at radius 1 is 1.13 bits per heavy atom. The molecular formula is C22H18ClFN6O. The first-order chi connectivity index (χ1) is 14.9. The summed E-state index contributed by atoms with van der Waals surface area (Å²) in [6, 6.07) is 11.8. The van der Waals surface area contributed by atoms with Crippen LogP contribution in [0.4, 0.5) is 10.1 Å². The van der Waals surface area contributed by atoms with E-state index in [1.54, 1.807) is 31.3 Å². The Bertz CT molecular complexity index is 1310. The summed E-state index contributed by atoms with van der Waals surface area (Å²) in [6.45, 7) is 2.73. The molecule has 1 fully saturated rings. The maximum atomic E-state index is 14.2. The fourth-order valence-electron chi connectivity index (χ4n) is 3.89. The maximum Gasteiger partial charge on any atom is 0.270 e. The van der Waals surface area contributed by atoms with Gasteiger partial charge in [-0.15, -0.1) is 0 Å². The lowest BCUT2D eigenvalue weighted by atomic mass is 10.1. The number of nitrogens with zero attached hydrogens (tertiary/aromatic N) is 6. The van der Waals surface area contributed by atoms with Crippen molar-refractivity contribution in [2.75, 3.05) is 31.1 Å². The molecule has 1 aromatic carbocycles. The lowest BCUT2D eigenvalue weighted by molar-refractivity contribution is 0.246. The largest absolute Gasteiger partial charge is 0.366 e. The van der Waals surface area contributed by atoms with Crippen LogP contribution in [0.15, 0.2) is 35.1 Å². The van der Waals surface area contributed by atoms with Crippen molar-refractivity contribution >= 4 is 28.3 Å². The third-order valence-corrected chi connectivity index (χ3v) is 5.77. The van der Waals surface area contributed by atoms with Gasteiger partial charge in [0.25, 0.3) is 5.56 Å². The fraction of sp³-hybridized carbons (Fsp3) is 0.273. The van der Waals surface area contributed by atoms with Crippen LogP contribution in [0.5, 0.6) is 0 Å². The molecule has 31 heavy (non-hydrogen) atoms. The second-order valence-electron chi connectivity index (χ2n) is 7.38. The summed E-state index contributed by atoms with van der Waals surface area (Å²) in [6.07, 6.45) is 0. The van der Waals surface area contributed by atoms with Crippen LogP contribution in [0.2, 0.25) is 5.15 Å². The van der Waals surface area contributed by atoms with E-state index in [4.69, 9.17) is 16.9 Å². The van der Waals surface area contributed by atoms with Crippen molar-refractivity contribution in [1.82, 2.24) is 14.5 Å². The van der Waals surface area contributed by atoms with Crippen molar-refractivity contribution in [3.63, 3.8) is 0 Å². The molecule has 0 radical (unpaired) electrons. The third kappa shape index (κ3) is 3.84. The van der Waals surface area contributed by atoms with Crippen molar-refractivity contribution < 1.29 is 4.39 Å². The highest BCUT2D eigenvalue weighted by Gasteiger charge is 2.25. The van der Waals surface area contributed by atoms with Gasteiger partial charge in [-0.05, 0) is 24.3 Å². The highest BCUT2D eigenvalue weighted by Crippen LogP contribution is 2.29. The van der Waals surface area contributed by atoms with Gasteiger partial charge in [0.1, 0.15) is 28.1 Å².